The topological polar surface area (TPSA) is 78.4 Å². The monoisotopic (exact) mass is 282 g/mol. The van der Waals surface area contributed by atoms with Crippen LogP contribution in [-0.2, 0) is 4.74 Å². The molecule has 1 aliphatic heterocycles. The number of hydrogen-bond donors (Lipinski definition) is 1. The van der Waals surface area contributed by atoms with Crippen LogP contribution in [0.4, 0.5) is 5.95 Å². The van der Waals surface area contributed by atoms with Gasteiger partial charge >= 0.3 is 12.0 Å². The summed E-state index contributed by atoms with van der Waals surface area (Å²) in [6, 6.07) is 0.592. The second-order valence-electron chi connectivity index (χ2n) is 4.60. The lowest BCUT2D eigenvalue weighted by molar-refractivity contribution is 0.132. The second-order valence-corrected chi connectivity index (χ2v) is 4.60. The Kier molecular flexibility index (Phi) is 5.79. The van der Waals surface area contributed by atoms with Crippen LogP contribution >= 0.6 is 0 Å². The molecule has 1 N–H and O–H groups in total. The quantitative estimate of drug-likeness (QED) is 0.776. The summed E-state index contributed by atoms with van der Waals surface area (Å²) in [4.78, 5) is 12.6. The molecule has 0 bridgehead atoms. The summed E-state index contributed by atoms with van der Waals surface area (Å²) < 4.78 is 16.5. The molecule has 112 valence electrons. The Morgan fingerprint density at radius 1 is 1.20 bits per heavy atom. The summed E-state index contributed by atoms with van der Waals surface area (Å²) in [6.45, 7) is 6.78. The zero-order chi connectivity index (χ0) is 14.2. The minimum absolute atomic E-state index is 0.00968. The van der Waals surface area contributed by atoms with Gasteiger partial charge in [0.25, 0.3) is 0 Å². The van der Waals surface area contributed by atoms with Crippen molar-refractivity contribution in [3.63, 3.8) is 0 Å². The van der Waals surface area contributed by atoms with E-state index in [0.717, 1.165) is 32.4 Å². The lowest BCUT2D eigenvalue weighted by atomic mass is 10.3. The Morgan fingerprint density at radius 3 is 2.75 bits per heavy atom. The van der Waals surface area contributed by atoms with Gasteiger partial charge in [-0.3, -0.25) is 0 Å². The van der Waals surface area contributed by atoms with Gasteiger partial charge in [-0.05, 0) is 12.8 Å². The zero-order valence-electron chi connectivity index (χ0n) is 12.1. The van der Waals surface area contributed by atoms with E-state index in [2.05, 4.69) is 27.2 Å². The highest BCUT2D eigenvalue weighted by atomic mass is 16.6. The summed E-state index contributed by atoms with van der Waals surface area (Å²) in [5, 5.41) is 3.12. The van der Waals surface area contributed by atoms with Crippen LogP contribution in [0.2, 0.25) is 0 Å². The highest BCUT2D eigenvalue weighted by Crippen LogP contribution is 2.17. The standard InChI is InChI=1S/C13H22N4O3/c1-3-6-14-11-15-12(19-7-4-2)17-13(16-11)20-10-5-8-18-9-10/h10H,3-9H2,1-2H3,(H,14,15,16,17). The smallest absolute Gasteiger partial charge is 0.324 e. The van der Waals surface area contributed by atoms with Crippen LogP contribution in [-0.4, -0.2) is 47.4 Å². The van der Waals surface area contributed by atoms with E-state index in [0.29, 0.717) is 31.2 Å². The van der Waals surface area contributed by atoms with E-state index in [1.54, 1.807) is 0 Å². The predicted octanol–water partition coefficient (Wildman–Crippen LogP) is 1.65. The lowest BCUT2D eigenvalue weighted by Crippen LogP contribution is -2.18. The molecule has 1 fully saturated rings. The van der Waals surface area contributed by atoms with Crippen molar-refractivity contribution >= 4 is 5.95 Å². The van der Waals surface area contributed by atoms with E-state index in [1.807, 2.05) is 6.92 Å². The van der Waals surface area contributed by atoms with Crippen molar-refractivity contribution in [2.75, 3.05) is 31.7 Å². The fraction of sp³-hybridized carbons (Fsp3) is 0.769. The minimum atomic E-state index is 0.00968. The summed E-state index contributed by atoms with van der Waals surface area (Å²) in [7, 11) is 0. The van der Waals surface area contributed by atoms with Crippen LogP contribution in [0.5, 0.6) is 12.0 Å². The average Bonchev–Trinajstić information content (AvgIpc) is 2.95. The van der Waals surface area contributed by atoms with Crippen molar-refractivity contribution in [1.29, 1.82) is 0 Å². The Morgan fingerprint density at radius 2 is 2.05 bits per heavy atom. The molecule has 0 amide bonds. The fourth-order valence-corrected chi connectivity index (χ4v) is 1.72. The van der Waals surface area contributed by atoms with Crippen LogP contribution in [0.25, 0.3) is 0 Å². The third-order valence-electron chi connectivity index (χ3n) is 2.72. The number of hydrogen-bond acceptors (Lipinski definition) is 7. The molecule has 1 saturated heterocycles. The van der Waals surface area contributed by atoms with Gasteiger partial charge in [0.05, 0.1) is 19.8 Å². The Hall–Kier alpha value is -1.63. The van der Waals surface area contributed by atoms with Crippen molar-refractivity contribution in [2.24, 2.45) is 0 Å². The van der Waals surface area contributed by atoms with Gasteiger partial charge in [0.15, 0.2) is 0 Å². The van der Waals surface area contributed by atoms with Crippen LogP contribution in [0.3, 0.4) is 0 Å². The maximum atomic E-state index is 5.71. The van der Waals surface area contributed by atoms with E-state index >= 15 is 0 Å². The fourth-order valence-electron chi connectivity index (χ4n) is 1.72. The molecule has 1 aliphatic rings. The molecule has 2 rings (SSSR count). The average molecular weight is 282 g/mol. The molecular formula is C13H22N4O3. The first-order valence-corrected chi connectivity index (χ1v) is 7.19. The number of aromatic nitrogens is 3. The molecule has 1 aromatic rings. The van der Waals surface area contributed by atoms with Gasteiger partial charge in [-0.1, -0.05) is 13.8 Å². The first kappa shape index (κ1) is 14.8. The molecule has 20 heavy (non-hydrogen) atoms. The highest BCUT2D eigenvalue weighted by Gasteiger charge is 2.19. The number of rotatable bonds is 8. The molecule has 0 aliphatic carbocycles. The Bertz CT molecular complexity index is 384. The van der Waals surface area contributed by atoms with E-state index in [-0.39, 0.29) is 6.10 Å². The number of ether oxygens (including phenoxy) is 3. The molecular weight excluding hydrogens is 260 g/mol. The number of nitrogens with one attached hydrogen (secondary N) is 1. The van der Waals surface area contributed by atoms with E-state index in [1.165, 1.54) is 0 Å². The van der Waals surface area contributed by atoms with Crippen LogP contribution < -0.4 is 14.8 Å². The van der Waals surface area contributed by atoms with Crippen molar-refractivity contribution in [1.82, 2.24) is 15.0 Å². The van der Waals surface area contributed by atoms with Crippen LogP contribution in [0.1, 0.15) is 33.1 Å². The second kappa shape index (κ2) is 7.84. The zero-order valence-corrected chi connectivity index (χ0v) is 12.1. The van der Waals surface area contributed by atoms with Crippen LogP contribution in [0.15, 0.2) is 0 Å². The maximum absolute atomic E-state index is 5.71. The summed E-state index contributed by atoms with van der Waals surface area (Å²) >= 11 is 0. The summed E-state index contributed by atoms with van der Waals surface area (Å²) in [5.74, 6) is 0.488. The normalized spacial score (nSPS) is 18.0. The van der Waals surface area contributed by atoms with Crippen molar-refractivity contribution < 1.29 is 14.2 Å². The van der Waals surface area contributed by atoms with Gasteiger partial charge in [0.1, 0.15) is 6.10 Å². The van der Waals surface area contributed by atoms with Crippen molar-refractivity contribution in [3.8, 4) is 12.0 Å². The molecule has 1 aromatic heterocycles. The SMILES string of the molecule is CCCNc1nc(OCCC)nc(OC2CCOC2)n1. The van der Waals surface area contributed by atoms with E-state index in [4.69, 9.17) is 14.2 Å². The molecule has 7 nitrogen and oxygen atoms in total. The molecule has 0 radical (unpaired) electrons. The molecule has 1 atom stereocenters. The van der Waals surface area contributed by atoms with Crippen molar-refractivity contribution in [3.05, 3.63) is 0 Å². The largest absolute Gasteiger partial charge is 0.463 e. The van der Waals surface area contributed by atoms with Gasteiger partial charge in [0.2, 0.25) is 5.95 Å². The first-order valence-electron chi connectivity index (χ1n) is 7.19. The third kappa shape index (κ3) is 4.48. The minimum Gasteiger partial charge on any atom is -0.463 e. The first-order chi connectivity index (χ1) is 9.81. The number of nitrogens with zero attached hydrogens (tertiary/aromatic N) is 3. The van der Waals surface area contributed by atoms with E-state index < -0.39 is 0 Å². The van der Waals surface area contributed by atoms with Gasteiger partial charge in [0, 0.05) is 13.0 Å². The summed E-state index contributed by atoms with van der Waals surface area (Å²) in [6.07, 6.45) is 2.75. The maximum Gasteiger partial charge on any atom is 0.324 e. The Balaban J connectivity index is 2.06. The Labute approximate surface area is 119 Å². The summed E-state index contributed by atoms with van der Waals surface area (Å²) in [5.41, 5.74) is 0. The van der Waals surface area contributed by atoms with Gasteiger partial charge in [-0.2, -0.15) is 9.97 Å². The van der Waals surface area contributed by atoms with Gasteiger partial charge in [-0.25, -0.2) is 0 Å². The lowest BCUT2D eigenvalue weighted by Gasteiger charge is -2.12. The molecule has 7 heteroatoms. The third-order valence-corrected chi connectivity index (χ3v) is 2.72. The predicted molar refractivity (Wildman–Crippen MR) is 74.2 cm³/mol. The molecule has 2 heterocycles. The number of anilines is 1. The molecule has 1 unspecified atom stereocenters. The van der Waals surface area contributed by atoms with Crippen molar-refractivity contribution in [2.45, 2.75) is 39.2 Å². The van der Waals surface area contributed by atoms with Crippen LogP contribution in [0, 0.1) is 0 Å². The van der Waals surface area contributed by atoms with Gasteiger partial charge in [-0.15, -0.1) is 4.98 Å². The highest BCUT2D eigenvalue weighted by molar-refractivity contribution is 5.27. The van der Waals surface area contributed by atoms with Gasteiger partial charge < -0.3 is 19.5 Å². The molecule has 0 spiro atoms. The molecule has 0 aromatic carbocycles. The molecule has 0 saturated carbocycles. The van der Waals surface area contributed by atoms with E-state index in [9.17, 15) is 0 Å².